The number of rotatable bonds is 5. The maximum absolute atomic E-state index is 12.3. The Balaban J connectivity index is 2.27. The number of nitrogens with zero attached hydrogens (tertiary/aromatic N) is 4. The lowest BCUT2D eigenvalue weighted by Gasteiger charge is -2.16. The van der Waals surface area contributed by atoms with Crippen LogP contribution in [0.2, 0.25) is 5.02 Å². The van der Waals surface area contributed by atoms with Crippen molar-refractivity contribution < 1.29 is 8.42 Å². The molecule has 0 bridgehead atoms. The smallest absolute Gasteiger partial charge is 0.244 e. The average Bonchev–Trinajstić information content (AvgIpc) is 2.91. The molecule has 11 heteroatoms. The van der Waals surface area contributed by atoms with Gasteiger partial charge in [-0.3, -0.25) is 5.10 Å². The summed E-state index contributed by atoms with van der Waals surface area (Å²) in [5.74, 6) is 5.81. The molecule has 4 N–H and O–H groups in total. The Bertz CT molecular complexity index is 688. The molecule has 0 saturated heterocycles. The van der Waals surface area contributed by atoms with Crippen LogP contribution in [0.3, 0.4) is 0 Å². The highest BCUT2D eigenvalue weighted by molar-refractivity contribution is 7.89. The van der Waals surface area contributed by atoms with Gasteiger partial charge in [0.2, 0.25) is 10.0 Å². The fourth-order valence-corrected chi connectivity index (χ4v) is 2.84. The minimum Gasteiger partial charge on any atom is -0.307 e. The number of hydrogen-bond donors (Lipinski definition) is 3. The Kier molecular flexibility index (Phi) is 4.18. The second kappa shape index (κ2) is 5.71. The second-order valence-electron chi connectivity index (χ2n) is 3.84. The number of anilines is 1. The number of nitrogens with one attached hydrogen (secondary N) is 2. The van der Waals surface area contributed by atoms with Gasteiger partial charge < -0.3 is 5.43 Å². The molecular weight excluding hydrogens is 306 g/mol. The second-order valence-corrected chi connectivity index (χ2v) is 6.29. The molecule has 2 rings (SSSR count). The van der Waals surface area contributed by atoms with E-state index >= 15 is 0 Å². The monoisotopic (exact) mass is 317 g/mol. The first-order valence-corrected chi connectivity index (χ1v) is 7.19. The van der Waals surface area contributed by atoms with Crippen LogP contribution in [-0.4, -0.2) is 39.9 Å². The molecule has 20 heavy (non-hydrogen) atoms. The summed E-state index contributed by atoms with van der Waals surface area (Å²) in [7, 11) is -2.32. The lowest BCUT2D eigenvalue weighted by Crippen LogP contribution is -2.27. The minimum atomic E-state index is -3.73. The van der Waals surface area contributed by atoms with Crippen LogP contribution in [0.5, 0.6) is 0 Å². The molecular formula is C9H12ClN7O2S. The van der Waals surface area contributed by atoms with Crippen molar-refractivity contribution in [1.82, 2.24) is 24.5 Å². The van der Waals surface area contributed by atoms with Crippen molar-refractivity contribution in [1.29, 1.82) is 0 Å². The molecule has 9 nitrogen and oxygen atoms in total. The van der Waals surface area contributed by atoms with Crippen LogP contribution in [0.4, 0.5) is 5.82 Å². The SMILES string of the molecule is CN(Cc1ncn[nH]1)S(=O)(=O)c1cnc(NN)c(Cl)c1. The number of aromatic nitrogens is 4. The van der Waals surface area contributed by atoms with Gasteiger partial charge in [-0.25, -0.2) is 24.2 Å². The molecule has 0 aliphatic carbocycles. The van der Waals surface area contributed by atoms with Crippen molar-refractivity contribution in [3.05, 3.63) is 29.4 Å². The predicted octanol–water partition coefficient (Wildman–Crippen LogP) is -0.0406. The maximum atomic E-state index is 12.3. The summed E-state index contributed by atoms with van der Waals surface area (Å²) >= 11 is 5.87. The maximum Gasteiger partial charge on any atom is 0.244 e. The fraction of sp³-hybridized carbons (Fsp3) is 0.222. The van der Waals surface area contributed by atoms with E-state index in [-0.39, 0.29) is 22.3 Å². The van der Waals surface area contributed by atoms with Gasteiger partial charge in [-0.15, -0.1) is 0 Å². The number of sulfonamides is 1. The first kappa shape index (κ1) is 14.7. The average molecular weight is 318 g/mol. The molecule has 0 unspecified atom stereocenters. The molecule has 0 fully saturated rings. The normalized spacial score (nSPS) is 11.8. The molecule has 2 aromatic heterocycles. The van der Waals surface area contributed by atoms with E-state index in [0.717, 1.165) is 4.31 Å². The van der Waals surface area contributed by atoms with E-state index in [0.29, 0.717) is 5.82 Å². The van der Waals surface area contributed by atoms with Gasteiger partial charge in [0.25, 0.3) is 0 Å². The van der Waals surface area contributed by atoms with Crippen LogP contribution in [0.1, 0.15) is 5.82 Å². The first-order valence-electron chi connectivity index (χ1n) is 5.38. The standard InChI is InChI=1S/C9H12ClN7O2S/c1-17(4-8-13-5-14-16-8)20(18,19)6-2-7(10)9(15-11)12-3-6/h2-3,5H,4,11H2,1H3,(H,12,15)(H,13,14,16). The molecule has 108 valence electrons. The fourth-order valence-electron chi connectivity index (χ4n) is 1.45. The molecule has 0 amide bonds. The molecule has 0 saturated carbocycles. The quantitative estimate of drug-likeness (QED) is 0.521. The van der Waals surface area contributed by atoms with Crippen molar-refractivity contribution in [2.75, 3.05) is 12.5 Å². The Labute approximate surface area is 120 Å². The highest BCUT2D eigenvalue weighted by Crippen LogP contribution is 2.23. The minimum absolute atomic E-state index is 0.0384. The van der Waals surface area contributed by atoms with Gasteiger partial charge >= 0.3 is 0 Å². The largest absolute Gasteiger partial charge is 0.307 e. The molecule has 0 aromatic carbocycles. The Hall–Kier alpha value is -1.75. The van der Waals surface area contributed by atoms with Gasteiger partial charge in [0.05, 0.1) is 11.6 Å². The Morgan fingerprint density at radius 2 is 2.25 bits per heavy atom. The molecule has 0 aliphatic heterocycles. The number of hydrazine groups is 1. The molecule has 2 aromatic rings. The molecule has 0 radical (unpaired) electrons. The van der Waals surface area contributed by atoms with Crippen molar-refractivity contribution in [2.24, 2.45) is 5.84 Å². The van der Waals surface area contributed by atoms with E-state index in [4.69, 9.17) is 17.4 Å². The highest BCUT2D eigenvalue weighted by atomic mass is 35.5. The molecule has 0 atom stereocenters. The van der Waals surface area contributed by atoms with Gasteiger partial charge in [0, 0.05) is 13.2 Å². The topological polar surface area (TPSA) is 130 Å². The van der Waals surface area contributed by atoms with Crippen molar-refractivity contribution in [3.8, 4) is 0 Å². The highest BCUT2D eigenvalue weighted by Gasteiger charge is 2.23. The van der Waals surface area contributed by atoms with Crippen LogP contribution >= 0.6 is 11.6 Å². The summed E-state index contributed by atoms with van der Waals surface area (Å²) in [6.07, 6.45) is 2.48. The number of nitrogens with two attached hydrogens (primary N) is 1. The van der Waals surface area contributed by atoms with Gasteiger partial charge in [-0.2, -0.15) is 9.40 Å². The van der Waals surface area contributed by atoms with E-state index in [1.807, 2.05) is 0 Å². The molecule has 0 aliphatic rings. The van der Waals surface area contributed by atoms with E-state index in [9.17, 15) is 8.42 Å². The number of halogens is 1. The van der Waals surface area contributed by atoms with Crippen molar-refractivity contribution in [2.45, 2.75) is 11.4 Å². The number of H-pyrrole nitrogens is 1. The summed E-state index contributed by atoms with van der Waals surface area (Å²) < 4.78 is 25.8. The van der Waals surface area contributed by atoms with Crippen LogP contribution in [-0.2, 0) is 16.6 Å². The zero-order valence-corrected chi connectivity index (χ0v) is 12.0. The van der Waals surface area contributed by atoms with Crippen LogP contribution in [0.25, 0.3) is 0 Å². The number of aromatic amines is 1. The number of pyridine rings is 1. The number of hydrogen-bond acceptors (Lipinski definition) is 7. The third kappa shape index (κ3) is 2.88. The molecule has 2 heterocycles. The zero-order chi connectivity index (χ0) is 14.8. The summed E-state index contributed by atoms with van der Waals surface area (Å²) in [6.45, 7) is 0.0524. The van der Waals surface area contributed by atoms with Crippen molar-refractivity contribution >= 4 is 27.4 Å². The van der Waals surface area contributed by atoms with Gasteiger partial charge in [0.15, 0.2) is 5.82 Å². The van der Waals surface area contributed by atoms with Gasteiger partial charge in [0.1, 0.15) is 17.0 Å². The van der Waals surface area contributed by atoms with E-state index in [2.05, 4.69) is 25.6 Å². The van der Waals surface area contributed by atoms with Gasteiger partial charge in [-0.1, -0.05) is 11.6 Å². The first-order chi connectivity index (χ1) is 9.45. The molecule has 0 spiro atoms. The van der Waals surface area contributed by atoms with E-state index in [1.54, 1.807) is 0 Å². The van der Waals surface area contributed by atoms with Crippen LogP contribution in [0, 0.1) is 0 Å². The predicted molar refractivity (Wildman–Crippen MR) is 72.1 cm³/mol. The third-order valence-electron chi connectivity index (χ3n) is 2.50. The van der Waals surface area contributed by atoms with Crippen LogP contribution in [0.15, 0.2) is 23.5 Å². The van der Waals surface area contributed by atoms with Crippen molar-refractivity contribution in [3.63, 3.8) is 0 Å². The van der Waals surface area contributed by atoms with Gasteiger partial charge in [-0.05, 0) is 6.07 Å². The number of nitrogen functional groups attached to an aromatic ring is 1. The Morgan fingerprint density at radius 1 is 1.50 bits per heavy atom. The lowest BCUT2D eigenvalue weighted by atomic mass is 10.5. The summed E-state index contributed by atoms with van der Waals surface area (Å²) in [4.78, 5) is 7.66. The van der Waals surface area contributed by atoms with E-state index in [1.165, 1.54) is 25.6 Å². The third-order valence-corrected chi connectivity index (χ3v) is 4.56. The zero-order valence-electron chi connectivity index (χ0n) is 10.4. The summed E-state index contributed by atoms with van der Waals surface area (Å²) in [6, 6.07) is 1.27. The Morgan fingerprint density at radius 3 is 2.80 bits per heavy atom. The lowest BCUT2D eigenvalue weighted by molar-refractivity contribution is 0.457. The van der Waals surface area contributed by atoms with E-state index < -0.39 is 10.0 Å². The summed E-state index contributed by atoms with van der Waals surface area (Å²) in [5, 5.41) is 6.35. The summed E-state index contributed by atoms with van der Waals surface area (Å²) in [5.41, 5.74) is 2.26. The van der Waals surface area contributed by atoms with Crippen LogP contribution < -0.4 is 11.3 Å².